The van der Waals surface area contributed by atoms with Gasteiger partial charge in [0, 0.05) is 30.1 Å². The summed E-state index contributed by atoms with van der Waals surface area (Å²) in [4.78, 5) is 23.7. The van der Waals surface area contributed by atoms with Gasteiger partial charge in [0.15, 0.2) is 0 Å². The van der Waals surface area contributed by atoms with Gasteiger partial charge in [-0.25, -0.2) is 4.79 Å². The Morgan fingerprint density at radius 3 is 2.50 bits per heavy atom. The summed E-state index contributed by atoms with van der Waals surface area (Å²) < 4.78 is 7.42. The average molecular weight is 405 g/mol. The highest BCUT2D eigenvalue weighted by Crippen LogP contribution is 2.23. The van der Waals surface area contributed by atoms with Crippen molar-refractivity contribution >= 4 is 29.4 Å². The highest BCUT2D eigenvalue weighted by Gasteiger charge is 2.20. The number of amides is 1. The number of nitrogens with one attached hydrogen (secondary N) is 1. The van der Waals surface area contributed by atoms with Crippen LogP contribution in [0.1, 0.15) is 31.9 Å². The number of para-hydroxylation sites is 1. The lowest BCUT2D eigenvalue weighted by Crippen LogP contribution is -2.41. The third-order valence-electron chi connectivity index (χ3n) is 4.59. The second-order valence-electron chi connectivity index (χ2n) is 8.23. The molecule has 5 nitrogen and oxygen atoms in total. The number of fused-ring (bicyclic) bond motifs is 1. The normalized spacial score (nSPS) is 12.8. The van der Waals surface area contributed by atoms with Crippen LogP contribution in [0.25, 0.3) is 17.0 Å². The summed E-state index contributed by atoms with van der Waals surface area (Å²) >= 11 is 0. The molecule has 0 unspecified atom stereocenters. The van der Waals surface area contributed by atoms with E-state index < -0.39 is 17.7 Å². The molecule has 0 spiro atoms. The number of allylic oxidation sites excluding steroid dienone is 1. The first kappa shape index (κ1) is 21.4. The third-order valence-corrected chi connectivity index (χ3v) is 4.59. The van der Waals surface area contributed by atoms with Crippen LogP contribution in [-0.4, -0.2) is 28.6 Å². The predicted molar refractivity (Wildman–Crippen MR) is 120 cm³/mol. The molecule has 0 aliphatic rings. The molecule has 30 heavy (non-hydrogen) atoms. The molecular weight excluding hydrogens is 376 g/mol. The number of benzene rings is 2. The molecule has 156 valence electrons. The molecule has 0 aliphatic heterocycles. The van der Waals surface area contributed by atoms with Crippen LogP contribution in [0, 0.1) is 0 Å². The molecule has 1 aromatic heterocycles. The molecule has 1 amide bonds. The van der Waals surface area contributed by atoms with Gasteiger partial charge in [0.05, 0.1) is 6.04 Å². The minimum atomic E-state index is -0.654. The third kappa shape index (κ3) is 5.83. The molecule has 0 fully saturated rings. The minimum Gasteiger partial charge on any atom is -0.444 e. The monoisotopic (exact) mass is 404 g/mol. The van der Waals surface area contributed by atoms with Crippen molar-refractivity contribution in [3.05, 3.63) is 78.0 Å². The second-order valence-corrected chi connectivity index (χ2v) is 8.23. The number of aromatic nitrogens is 1. The number of carbonyl (C=O) groups excluding carboxylic acids is 2. The van der Waals surface area contributed by atoms with Gasteiger partial charge in [0.25, 0.3) is 0 Å². The fourth-order valence-electron chi connectivity index (χ4n) is 3.33. The van der Waals surface area contributed by atoms with E-state index in [1.165, 1.54) is 0 Å². The van der Waals surface area contributed by atoms with Gasteiger partial charge in [0.1, 0.15) is 11.9 Å². The second kappa shape index (κ2) is 9.44. The number of nitrogens with zero attached hydrogens (tertiary/aromatic N) is 1. The zero-order chi connectivity index (χ0) is 21.6. The molecule has 2 aromatic carbocycles. The number of aldehydes is 1. The summed E-state index contributed by atoms with van der Waals surface area (Å²) in [5.41, 5.74) is 2.63. The first-order chi connectivity index (χ1) is 14.4. The van der Waals surface area contributed by atoms with Crippen LogP contribution in [0.15, 0.2) is 66.9 Å². The van der Waals surface area contributed by atoms with E-state index >= 15 is 0 Å². The maximum atomic E-state index is 12.1. The Bertz CT molecular complexity index is 1030. The average Bonchev–Trinajstić information content (AvgIpc) is 3.04. The van der Waals surface area contributed by atoms with Crippen molar-refractivity contribution in [2.24, 2.45) is 0 Å². The Kier molecular flexibility index (Phi) is 6.72. The molecule has 0 aliphatic carbocycles. The smallest absolute Gasteiger partial charge is 0.408 e. The van der Waals surface area contributed by atoms with Gasteiger partial charge in [-0.15, -0.1) is 0 Å². The van der Waals surface area contributed by atoms with E-state index in [-0.39, 0.29) is 0 Å². The fraction of sp³-hybridized carbons (Fsp3) is 0.280. The van der Waals surface area contributed by atoms with Crippen molar-refractivity contribution in [3.8, 4) is 0 Å². The van der Waals surface area contributed by atoms with Crippen LogP contribution in [0.2, 0.25) is 0 Å². The minimum absolute atomic E-state index is 0.401. The highest BCUT2D eigenvalue weighted by molar-refractivity contribution is 5.85. The lowest BCUT2D eigenvalue weighted by atomic mass is 10.1. The predicted octanol–water partition coefficient (Wildman–Crippen LogP) is 4.99. The molecule has 3 aromatic rings. The van der Waals surface area contributed by atoms with Gasteiger partial charge in [-0.2, -0.15) is 0 Å². The number of hydrogen-bond donors (Lipinski definition) is 1. The first-order valence-electron chi connectivity index (χ1n) is 10.1. The Labute approximate surface area is 177 Å². The maximum absolute atomic E-state index is 12.1. The van der Waals surface area contributed by atoms with Crippen LogP contribution < -0.4 is 5.32 Å². The van der Waals surface area contributed by atoms with Gasteiger partial charge in [-0.3, -0.25) is 0 Å². The first-order valence-corrected chi connectivity index (χ1v) is 10.1. The van der Waals surface area contributed by atoms with E-state index in [2.05, 4.69) is 40.2 Å². The number of alkyl carbamates (subject to hydrolysis) is 1. The molecule has 0 saturated heterocycles. The molecule has 0 bridgehead atoms. The number of rotatable bonds is 7. The molecular formula is C25H28N2O3. The summed E-state index contributed by atoms with van der Waals surface area (Å²) in [5, 5.41) is 3.73. The summed E-state index contributed by atoms with van der Waals surface area (Å²) in [6.45, 7) is 6.08. The number of ether oxygens (including phenoxy) is 1. The molecule has 0 saturated carbocycles. The number of carbonyl (C=O) groups is 2. The fourth-order valence-corrected chi connectivity index (χ4v) is 3.33. The van der Waals surface area contributed by atoms with Crippen molar-refractivity contribution in [2.45, 2.75) is 45.4 Å². The molecule has 1 heterocycles. The van der Waals surface area contributed by atoms with E-state index in [0.29, 0.717) is 13.0 Å². The molecule has 5 heteroatoms. The Hall–Kier alpha value is -3.34. The van der Waals surface area contributed by atoms with Crippen LogP contribution in [0.4, 0.5) is 4.79 Å². The van der Waals surface area contributed by atoms with Crippen LogP contribution >= 0.6 is 0 Å². The van der Waals surface area contributed by atoms with Gasteiger partial charge in [0.2, 0.25) is 0 Å². The maximum Gasteiger partial charge on any atom is 0.408 e. The van der Waals surface area contributed by atoms with Crippen molar-refractivity contribution in [1.29, 1.82) is 0 Å². The standard InChI is InChI=1S/C25H28N2O3/c1-25(2,3)30-24(29)26-21(18-28)16-20-17-27(23-14-8-7-13-22(20)23)15-9-12-19-10-5-4-6-11-19/h4-14,17-18,21H,15-16H2,1-3H3,(H,26,29)/t21-/m1/s1. The van der Waals surface area contributed by atoms with E-state index in [1.807, 2.05) is 42.6 Å². The lowest BCUT2D eigenvalue weighted by Gasteiger charge is -2.21. The van der Waals surface area contributed by atoms with E-state index in [0.717, 1.165) is 28.3 Å². The summed E-state index contributed by atoms with van der Waals surface area (Å²) in [6, 6.07) is 17.6. The zero-order valence-electron chi connectivity index (χ0n) is 17.7. The van der Waals surface area contributed by atoms with E-state index in [1.54, 1.807) is 20.8 Å². The Morgan fingerprint density at radius 1 is 1.10 bits per heavy atom. The Balaban J connectivity index is 1.76. The van der Waals surface area contributed by atoms with Gasteiger partial charge >= 0.3 is 6.09 Å². The largest absolute Gasteiger partial charge is 0.444 e. The summed E-state index contributed by atoms with van der Waals surface area (Å²) in [7, 11) is 0. The topological polar surface area (TPSA) is 60.3 Å². The van der Waals surface area contributed by atoms with Crippen molar-refractivity contribution < 1.29 is 14.3 Å². The van der Waals surface area contributed by atoms with Gasteiger partial charge < -0.3 is 19.4 Å². The molecule has 0 radical (unpaired) electrons. The number of hydrogen-bond acceptors (Lipinski definition) is 3. The van der Waals surface area contributed by atoms with Gasteiger partial charge in [-0.1, -0.05) is 60.7 Å². The Morgan fingerprint density at radius 2 is 1.80 bits per heavy atom. The van der Waals surface area contributed by atoms with E-state index in [9.17, 15) is 9.59 Å². The summed E-state index contributed by atoms with van der Waals surface area (Å²) in [5.74, 6) is 0. The quantitative estimate of drug-likeness (QED) is 0.565. The SMILES string of the molecule is CC(C)(C)OC(=O)N[C@@H](C=O)Cc1cn(CC=Cc2ccccc2)c2ccccc12. The van der Waals surface area contributed by atoms with Crippen LogP contribution in [0.5, 0.6) is 0 Å². The highest BCUT2D eigenvalue weighted by atomic mass is 16.6. The van der Waals surface area contributed by atoms with Crippen LogP contribution in [-0.2, 0) is 22.5 Å². The molecule has 1 N–H and O–H groups in total. The molecule has 3 rings (SSSR count). The van der Waals surface area contributed by atoms with E-state index in [4.69, 9.17) is 4.74 Å². The van der Waals surface area contributed by atoms with Crippen molar-refractivity contribution in [2.75, 3.05) is 0 Å². The molecule has 1 atom stereocenters. The van der Waals surface area contributed by atoms with Gasteiger partial charge in [-0.05, 0) is 38.0 Å². The van der Waals surface area contributed by atoms with Crippen LogP contribution in [0.3, 0.4) is 0 Å². The van der Waals surface area contributed by atoms with Crippen molar-refractivity contribution in [3.63, 3.8) is 0 Å². The van der Waals surface area contributed by atoms with Crippen molar-refractivity contribution in [1.82, 2.24) is 9.88 Å². The zero-order valence-corrected chi connectivity index (χ0v) is 17.7. The lowest BCUT2D eigenvalue weighted by molar-refractivity contribution is -0.109. The summed E-state index contributed by atoms with van der Waals surface area (Å²) in [6.07, 6.45) is 6.82.